The fraction of sp³-hybridized carbons (Fsp3) is 0.929. The van der Waals surface area contributed by atoms with Gasteiger partial charge in [0.2, 0.25) is 0 Å². The first kappa shape index (κ1) is 21.9. The second-order valence-electron chi connectivity index (χ2n) is 12.8. The first-order chi connectivity index (χ1) is 13.7. The van der Waals surface area contributed by atoms with Gasteiger partial charge in [-0.15, -0.1) is 0 Å². The van der Waals surface area contributed by atoms with Crippen LogP contribution in [0.2, 0.25) is 0 Å². The van der Waals surface area contributed by atoms with Crippen LogP contribution in [0, 0.1) is 52.3 Å². The van der Waals surface area contributed by atoms with Crippen LogP contribution in [0.3, 0.4) is 0 Å². The molecule has 166 valence electrons. The molecule has 4 saturated carbocycles. The molecule has 0 radical (unpaired) electrons. The average molecular weight is 401 g/mol. The average Bonchev–Trinajstić information content (AvgIpc) is 3.00. The van der Waals surface area contributed by atoms with E-state index in [0.29, 0.717) is 16.7 Å². The van der Waals surface area contributed by atoms with Crippen molar-refractivity contribution < 1.29 is 5.11 Å². The summed E-state index contributed by atoms with van der Waals surface area (Å²) in [6, 6.07) is 0. The highest BCUT2D eigenvalue weighted by molar-refractivity contribution is 5.21. The van der Waals surface area contributed by atoms with Crippen molar-refractivity contribution in [3.05, 3.63) is 12.2 Å². The van der Waals surface area contributed by atoms with Crippen LogP contribution in [0.4, 0.5) is 0 Å². The number of rotatable bonds is 5. The van der Waals surface area contributed by atoms with E-state index in [0.717, 1.165) is 48.3 Å². The van der Waals surface area contributed by atoms with E-state index in [1.165, 1.54) is 57.8 Å². The second kappa shape index (κ2) is 7.99. The lowest BCUT2D eigenvalue weighted by atomic mass is 9.43. The highest BCUT2D eigenvalue weighted by Gasteiger charge is 2.61. The van der Waals surface area contributed by atoms with E-state index in [-0.39, 0.29) is 6.10 Å². The Bertz CT molecular complexity index is 607. The third kappa shape index (κ3) is 3.66. The molecule has 4 aliphatic rings. The van der Waals surface area contributed by atoms with Gasteiger partial charge in [0, 0.05) is 0 Å². The maximum atomic E-state index is 10.3. The Hall–Kier alpha value is -0.300. The van der Waals surface area contributed by atoms with Crippen LogP contribution in [-0.4, -0.2) is 11.2 Å². The first-order valence-corrected chi connectivity index (χ1v) is 13.0. The molecule has 0 amide bonds. The molecule has 29 heavy (non-hydrogen) atoms. The van der Waals surface area contributed by atoms with Crippen molar-refractivity contribution in [2.45, 2.75) is 111 Å². The molecule has 1 N–H and O–H groups in total. The number of aliphatic hydroxyl groups is 1. The van der Waals surface area contributed by atoms with Crippen LogP contribution >= 0.6 is 0 Å². The predicted octanol–water partition coefficient (Wildman–Crippen LogP) is 7.63. The van der Waals surface area contributed by atoms with Gasteiger partial charge in [0.15, 0.2) is 0 Å². The third-order valence-electron chi connectivity index (χ3n) is 10.8. The summed E-state index contributed by atoms with van der Waals surface area (Å²) in [6.07, 6.45) is 14.4. The third-order valence-corrected chi connectivity index (χ3v) is 10.8. The minimum Gasteiger partial charge on any atom is -0.393 e. The van der Waals surface area contributed by atoms with Crippen LogP contribution in [0.25, 0.3) is 0 Å². The number of allylic oxidation sites excluding steroid dienone is 1. The van der Waals surface area contributed by atoms with Crippen molar-refractivity contribution in [1.29, 1.82) is 0 Å². The van der Waals surface area contributed by atoms with E-state index in [2.05, 4.69) is 34.6 Å². The van der Waals surface area contributed by atoms with Crippen molar-refractivity contribution in [3.8, 4) is 0 Å². The topological polar surface area (TPSA) is 20.2 Å². The molecule has 4 fully saturated rings. The molecule has 0 aliphatic heterocycles. The lowest BCUT2D eigenvalue weighted by Gasteiger charge is -2.61. The molecule has 1 heteroatoms. The van der Waals surface area contributed by atoms with Crippen LogP contribution in [0.1, 0.15) is 105 Å². The molecule has 0 heterocycles. The van der Waals surface area contributed by atoms with E-state index < -0.39 is 0 Å². The summed E-state index contributed by atoms with van der Waals surface area (Å²) in [6.45, 7) is 17.3. The summed E-state index contributed by atoms with van der Waals surface area (Å²) in [5, 5.41) is 10.3. The summed E-state index contributed by atoms with van der Waals surface area (Å²) in [5.74, 6) is 5.79. The monoisotopic (exact) mass is 400 g/mol. The van der Waals surface area contributed by atoms with Crippen molar-refractivity contribution in [3.63, 3.8) is 0 Å². The normalized spacial score (nSPS) is 48.2. The van der Waals surface area contributed by atoms with Gasteiger partial charge in [-0.05, 0) is 104 Å². The summed E-state index contributed by atoms with van der Waals surface area (Å²) < 4.78 is 0. The highest BCUT2D eigenvalue weighted by Crippen LogP contribution is 2.69. The molecule has 0 aromatic heterocycles. The fourth-order valence-corrected chi connectivity index (χ4v) is 9.13. The molecule has 0 spiro atoms. The first-order valence-electron chi connectivity index (χ1n) is 13.0. The van der Waals surface area contributed by atoms with E-state index >= 15 is 0 Å². The van der Waals surface area contributed by atoms with E-state index in [1.54, 1.807) is 5.57 Å². The van der Waals surface area contributed by atoms with Crippen molar-refractivity contribution in [2.24, 2.45) is 52.3 Å². The molecule has 4 aliphatic carbocycles. The van der Waals surface area contributed by atoms with Gasteiger partial charge in [0.05, 0.1) is 6.10 Å². The van der Waals surface area contributed by atoms with Gasteiger partial charge in [-0.3, -0.25) is 0 Å². The van der Waals surface area contributed by atoms with Gasteiger partial charge >= 0.3 is 0 Å². The van der Waals surface area contributed by atoms with E-state index in [1.807, 2.05) is 0 Å². The zero-order valence-corrected chi connectivity index (χ0v) is 20.1. The Morgan fingerprint density at radius 1 is 0.966 bits per heavy atom. The minimum absolute atomic E-state index is 0.0613. The second-order valence-corrected chi connectivity index (χ2v) is 12.8. The SMILES string of the molecule is C=C1C[C@H]2C[C@H](O)CC[C@]2(C)[C@@H]2CC[C@]3(C)[C@H](CC[C@H]3[C@H](C)CCCC(C)C)[C@H]12. The van der Waals surface area contributed by atoms with E-state index in [9.17, 15) is 5.11 Å². The van der Waals surface area contributed by atoms with Gasteiger partial charge in [0.1, 0.15) is 0 Å². The quantitative estimate of drug-likeness (QED) is 0.470. The molecule has 0 unspecified atom stereocenters. The maximum Gasteiger partial charge on any atom is 0.0543 e. The number of hydrogen-bond donors (Lipinski definition) is 1. The molecule has 0 aromatic carbocycles. The van der Waals surface area contributed by atoms with Crippen molar-refractivity contribution in [1.82, 2.24) is 0 Å². The van der Waals surface area contributed by atoms with Gasteiger partial charge in [-0.1, -0.05) is 66.0 Å². The molecule has 1 nitrogen and oxygen atoms in total. The molecule has 0 bridgehead atoms. The zero-order valence-electron chi connectivity index (χ0n) is 20.1. The Balaban J connectivity index is 1.51. The Kier molecular flexibility index (Phi) is 6.04. The fourth-order valence-electron chi connectivity index (χ4n) is 9.13. The zero-order chi connectivity index (χ0) is 21.0. The maximum absolute atomic E-state index is 10.3. The lowest BCUT2D eigenvalue weighted by molar-refractivity contribution is -0.107. The number of fused-ring (bicyclic) bond motifs is 5. The Labute approximate surface area is 181 Å². The summed E-state index contributed by atoms with van der Waals surface area (Å²) in [4.78, 5) is 0. The van der Waals surface area contributed by atoms with Crippen LogP contribution in [0.15, 0.2) is 12.2 Å². The van der Waals surface area contributed by atoms with Gasteiger partial charge in [0.25, 0.3) is 0 Å². The molecule has 4 rings (SSSR count). The predicted molar refractivity (Wildman–Crippen MR) is 124 cm³/mol. The molecular weight excluding hydrogens is 352 g/mol. The minimum atomic E-state index is -0.0613. The number of aliphatic hydroxyl groups excluding tert-OH is 1. The molecule has 9 atom stereocenters. The van der Waals surface area contributed by atoms with Crippen molar-refractivity contribution in [2.75, 3.05) is 0 Å². The van der Waals surface area contributed by atoms with Crippen LogP contribution in [0.5, 0.6) is 0 Å². The Morgan fingerprint density at radius 3 is 2.38 bits per heavy atom. The number of hydrogen-bond acceptors (Lipinski definition) is 1. The lowest BCUT2D eigenvalue weighted by Crippen LogP contribution is -2.54. The van der Waals surface area contributed by atoms with Gasteiger partial charge < -0.3 is 5.11 Å². The van der Waals surface area contributed by atoms with Gasteiger partial charge in [-0.25, -0.2) is 0 Å². The standard InChI is InChI=1S/C28H48O/c1-18(2)8-7-9-19(3)23-10-11-24-26-20(4)16-21-17-22(29)12-14-27(21,5)25(26)13-15-28(23,24)6/h18-19,21-26,29H,4,7-17H2,1-3,5-6H3/t19-,21+,22-,23+,24-,25-,26+,27+,28+/m1/s1. The Morgan fingerprint density at radius 2 is 1.66 bits per heavy atom. The summed E-state index contributed by atoms with van der Waals surface area (Å²) in [7, 11) is 0. The largest absolute Gasteiger partial charge is 0.393 e. The van der Waals surface area contributed by atoms with Gasteiger partial charge in [-0.2, -0.15) is 0 Å². The molecule has 0 aromatic rings. The molecular formula is C28H48O. The van der Waals surface area contributed by atoms with Crippen LogP contribution < -0.4 is 0 Å². The van der Waals surface area contributed by atoms with Crippen LogP contribution in [-0.2, 0) is 0 Å². The smallest absolute Gasteiger partial charge is 0.0543 e. The van der Waals surface area contributed by atoms with E-state index in [4.69, 9.17) is 6.58 Å². The highest BCUT2D eigenvalue weighted by atomic mass is 16.3. The van der Waals surface area contributed by atoms with Crippen molar-refractivity contribution >= 4 is 0 Å². The summed E-state index contributed by atoms with van der Waals surface area (Å²) in [5.41, 5.74) is 2.56. The summed E-state index contributed by atoms with van der Waals surface area (Å²) >= 11 is 0. The molecule has 0 saturated heterocycles.